The molecule has 0 aromatic heterocycles. The van der Waals surface area contributed by atoms with Gasteiger partial charge in [0.15, 0.2) is 5.96 Å². The fourth-order valence-electron chi connectivity index (χ4n) is 1.87. The average molecular weight is 318 g/mol. The van der Waals surface area contributed by atoms with Crippen molar-refractivity contribution >= 4 is 17.8 Å². The minimum Gasteiger partial charge on any atom is -0.480 e. The van der Waals surface area contributed by atoms with Crippen LogP contribution in [0.2, 0.25) is 0 Å². The Hall–Kier alpha value is -1.75. The first-order valence-electron chi connectivity index (χ1n) is 6.92. The zero-order valence-electron chi connectivity index (χ0n) is 12.0. The lowest BCUT2D eigenvalue weighted by Gasteiger charge is -2.17. The fraction of sp³-hybridized carbons (Fsp3) is 0.750. The number of aliphatic carboxylic acids is 1. The predicted molar refractivity (Wildman–Crippen MR) is 75.9 cm³/mol. The van der Waals surface area contributed by atoms with Crippen molar-refractivity contribution in [2.45, 2.75) is 43.6 Å². The summed E-state index contributed by atoms with van der Waals surface area (Å²) in [4.78, 5) is 26.2. The zero-order chi connectivity index (χ0) is 16.7. The van der Waals surface area contributed by atoms with Crippen molar-refractivity contribution in [1.29, 1.82) is 0 Å². The van der Waals surface area contributed by atoms with Crippen LogP contribution in [0.5, 0.6) is 0 Å². The van der Waals surface area contributed by atoms with Crippen molar-refractivity contribution in [3.63, 3.8) is 0 Å². The van der Waals surface area contributed by atoms with Crippen LogP contribution in [0.25, 0.3) is 0 Å². The Kier molecular flexibility index (Phi) is 7.18. The molecule has 0 bridgehead atoms. The Morgan fingerprint density at radius 3 is 2.64 bits per heavy atom. The molecule has 0 spiro atoms. The maximum atomic E-state index is 11.7. The maximum absolute atomic E-state index is 11.7. The van der Waals surface area contributed by atoms with Crippen LogP contribution in [0.1, 0.15) is 19.3 Å². The molecule has 1 aliphatic heterocycles. The summed E-state index contributed by atoms with van der Waals surface area (Å²) in [5.74, 6) is -1.24. The van der Waals surface area contributed by atoms with Crippen LogP contribution in [0.4, 0.5) is 0 Å². The molecule has 10 heteroatoms. The molecule has 0 aromatic rings. The van der Waals surface area contributed by atoms with Crippen LogP contribution in [-0.2, 0) is 9.59 Å². The van der Waals surface area contributed by atoms with E-state index in [0.717, 1.165) is 0 Å². The zero-order valence-corrected chi connectivity index (χ0v) is 12.0. The van der Waals surface area contributed by atoms with Crippen LogP contribution in [0, 0.1) is 0 Å². The number of hydrogen-bond acceptors (Lipinski definition) is 7. The number of amides is 1. The van der Waals surface area contributed by atoms with Gasteiger partial charge >= 0.3 is 5.97 Å². The van der Waals surface area contributed by atoms with Crippen molar-refractivity contribution in [2.24, 2.45) is 10.7 Å². The van der Waals surface area contributed by atoms with E-state index in [2.05, 4.69) is 15.6 Å². The first kappa shape index (κ1) is 18.3. The van der Waals surface area contributed by atoms with Gasteiger partial charge in [0, 0.05) is 13.0 Å². The van der Waals surface area contributed by atoms with Crippen molar-refractivity contribution in [1.82, 2.24) is 10.6 Å². The van der Waals surface area contributed by atoms with Crippen molar-refractivity contribution in [3.05, 3.63) is 0 Å². The van der Waals surface area contributed by atoms with Gasteiger partial charge in [0.2, 0.25) is 5.91 Å². The summed E-state index contributed by atoms with van der Waals surface area (Å²) < 4.78 is 0. The highest BCUT2D eigenvalue weighted by atomic mass is 16.4. The topological polar surface area (TPSA) is 177 Å². The van der Waals surface area contributed by atoms with Gasteiger partial charge in [-0.2, -0.15) is 0 Å². The lowest BCUT2D eigenvalue weighted by Crippen LogP contribution is -2.39. The van der Waals surface area contributed by atoms with Gasteiger partial charge in [0.1, 0.15) is 18.2 Å². The average Bonchev–Trinajstić information content (AvgIpc) is 2.82. The Morgan fingerprint density at radius 2 is 2.05 bits per heavy atom. The van der Waals surface area contributed by atoms with Gasteiger partial charge in [-0.3, -0.25) is 19.9 Å². The lowest BCUT2D eigenvalue weighted by molar-refractivity contribution is -0.138. The van der Waals surface area contributed by atoms with Gasteiger partial charge in [-0.05, 0) is 12.8 Å². The summed E-state index contributed by atoms with van der Waals surface area (Å²) in [6.07, 6.45) is -1.90. The molecule has 22 heavy (non-hydrogen) atoms. The van der Waals surface area contributed by atoms with Crippen LogP contribution in [0.15, 0.2) is 4.99 Å². The molecule has 1 saturated heterocycles. The van der Waals surface area contributed by atoms with E-state index in [9.17, 15) is 19.8 Å². The van der Waals surface area contributed by atoms with Gasteiger partial charge < -0.3 is 31.5 Å². The molecule has 126 valence electrons. The number of aliphatic hydroxyl groups is 3. The summed E-state index contributed by atoms with van der Waals surface area (Å²) in [5.41, 5.74) is 5.35. The minimum absolute atomic E-state index is 0.0729. The quantitative estimate of drug-likeness (QED) is 0.216. The number of nitrogens with zero attached hydrogens (tertiary/aromatic N) is 1. The Morgan fingerprint density at radius 1 is 1.36 bits per heavy atom. The minimum atomic E-state index is -1.31. The highest BCUT2D eigenvalue weighted by molar-refractivity contribution is 6.06. The smallest absolute Gasteiger partial charge is 0.320 e. The number of guanidine groups is 1. The molecular formula is C12H22N4O6. The van der Waals surface area contributed by atoms with Gasteiger partial charge in [-0.25, -0.2) is 0 Å². The predicted octanol–water partition coefficient (Wildman–Crippen LogP) is -3.27. The van der Waals surface area contributed by atoms with Gasteiger partial charge in [0.25, 0.3) is 0 Å². The first-order chi connectivity index (χ1) is 10.3. The molecular weight excluding hydrogens is 296 g/mol. The number of nitrogens with two attached hydrogens (primary N) is 1. The molecule has 0 aromatic carbocycles. The molecule has 8 N–H and O–H groups in total. The van der Waals surface area contributed by atoms with Gasteiger partial charge in [0.05, 0.1) is 12.7 Å². The van der Waals surface area contributed by atoms with Gasteiger partial charge in [-0.1, -0.05) is 0 Å². The van der Waals surface area contributed by atoms with E-state index in [1.54, 1.807) is 0 Å². The standard InChI is InChI=1S/C12H22N4O6/c13-6(11(21)22)2-1-3-14-12-15-7(10(20)16-12)4-8(18)9(19)5-17/h6-9,17-19H,1-5,13H2,(H,21,22)(H2,14,15,16,20). The third-order valence-electron chi connectivity index (χ3n) is 3.24. The Bertz CT molecular complexity index is 430. The van der Waals surface area contributed by atoms with E-state index in [0.29, 0.717) is 6.42 Å². The maximum Gasteiger partial charge on any atom is 0.320 e. The number of aliphatic hydroxyl groups excluding tert-OH is 3. The number of carbonyl (C=O) groups is 2. The number of aliphatic imine (C=N–C) groups is 1. The molecule has 10 nitrogen and oxygen atoms in total. The van der Waals surface area contributed by atoms with Crippen molar-refractivity contribution in [3.8, 4) is 0 Å². The first-order valence-corrected chi connectivity index (χ1v) is 6.92. The molecule has 4 unspecified atom stereocenters. The van der Waals surface area contributed by atoms with E-state index >= 15 is 0 Å². The van der Waals surface area contributed by atoms with Crippen molar-refractivity contribution in [2.75, 3.05) is 13.2 Å². The number of hydrogen-bond donors (Lipinski definition) is 7. The molecule has 0 radical (unpaired) electrons. The van der Waals surface area contributed by atoms with E-state index in [1.165, 1.54) is 0 Å². The normalized spacial score (nSPS) is 23.7. The second-order valence-corrected chi connectivity index (χ2v) is 5.06. The summed E-state index contributed by atoms with van der Waals surface area (Å²) >= 11 is 0. The molecule has 1 aliphatic rings. The molecule has 4 atom stereocenters. The summed E-state index contributed by atoms with van der Waals surface area (Å²) in [6, 6.07) is -1.69. The molecule has 0 aliphatic carbocycles. The van der Waals surface area contributed by atoms with E-state index in [4.69, 9.17) is 15.9 Å². The number of carboxylic acid groups (broad SMARTS) is 1. The highest BCUT2D eigenvalue weighted by Gasteiger charge is 2.31. The summed E-state index contributed by atoms with van der Waals surface area (Å²) in [6.45, 7) is -0.307. The third-order valence-corrected chi connectivity index (χ3v) is 3.24. The Labute approximate surface area is 127 Å². The monoisotopic (exact) mass is 318 g/mol. The SMILES string of the molecule is NC(CCCN=C1NC(=O)C(CC(O)C(O)CO)N1)C(=O)O. The molecule has 1 amide bonds. The third kappa shape index (κ3) is 5.56. The van der Waals surface area contributed by atoms with E-state index in [1.807, 2.05) is 0 Å². The van der Waals surface area contributed by atoms with E-state index < -0.39 is 42.8 Å². The number of carboxylic acids is 1. The van der Waals surface area contributed by atoms with Crippen LogP contribution >= 0.6 is 0 Å². The van der Waals surface area contributed by atoms with E-state index in [-0.39, 0.29) is 25.3 Å². The van der Waals surface area contributed by atoms with Crippen LogP contribution in [0.3, 0.4) is 0 Å². The second kappa shape index (κ2) is 8.63. The van der Waals surface area contributed by atoms with Crippen LogP contribution < -0.4 is 16.4 Å². The second-order valence-electron chi connectivity index (χ2n) is 5.06. The molecule has 1 heterocycles. The number of carbonyl (C=O) groups excluding carboxylic acids is 1. The summed E-state index contributed by atoms with van der Waals surface area (Å²) in [5, 5.41) is 41.4. The molecule has 1 fully saturated rings. The lowest BCUT2D eigenvalue weighted by atomic mass is 10.1. The van der Waals surface area contributed by atoms with Gasteiger partial charge in [-0.15, -0.1) is 0 Å². The molecule has 1 rings (SSSR count). The van der Waals surface area contributed by atoms with Crippen LogP contribution in [-0.4, -0.2) is 75.7 Å². The number of nitrogens with one attached hydrogen (secondary N) is 2. The summed E-state index contributed by atoms with van der Waals surface area (Å²) in [7, 11) is 0. The largest absolute Gasteiger partial charge is 0.480 e. The fourth-order valence-corrected chi connectivity index (χ4v) is 1.87. The Balaban J connectivity index is 2.38. The number of rotatable bonds is 9. The highest BCUT2D eigenvalue weighted by Crippen LogP contribution is 2.07. The molecule has 0 saturated carbocycles. The van der Waals surface area contributed by atoms with Crippen molar-refractivity contribution < 1.29 is 30.0 Å².